The molecule has 0 spiro atoms. The second-order valence-corrected chi connectivity index (χ2v) is 7.26. The van der Waals surface area contributed by atoms with Gasteiger partial charge in [-0.1, -0.05) is 19.9 Å². The zero-order valence-corrected chi connectivity index (χ0v) is 13.6. The van der Waals surface area contributed by atoms with E-state index in [9.17, 15) is 8.42 Å². The number of benzene rings is 1. The van der Waals surface area contributed by atoms with Gasteiger partial charge in [0.05, 0.1) is 4.90 Å². The molecule has 6 heteroatoms. The van der Waals surface area contributed by atoms with E-state index < -0.39 is 10.0 Å². The van der Waals surface area contributed by atoms with E-state index in [4.69, 9.17) is 5.73 Å². The van der Waals surface area contributed by atoms with Crippen molar-refractivity contribution in [1.29, 1.82) is 0 Å². The number of sulfonamides is 1. The molecule has 1 aliphatic rings. The minimum Gasteiger partial charge on any atom is -0.399 e. The minimum atomic E-state index is -3.51. The number of nitrogen functional groups attached to an aromatic ring is 1. The van der Waals surface area contributed by atoms with E-state index in [1.165, 1.54) is 0 Å². The Labute approximate surface area is 127 Å². The number of nitrogens with zero attached hydrogens (tertiary/aromatic N) is 1. The van der Waals surface area contributed by atoms with Crippen LogP contribution in [0.3, 0.4) is 0 Å². The topological polar surface area (TPSA) is 75.4 Å². The Kier molecular flexibility index (Phi) is 5.24. The highest BCUT2D eigenvalue weighted by atomic mass is 32.2. The summed E-state index contributed by atoms with van der Waals surface area (Å²) in [7, 11) is -3.51. The molecular weight excluding hydrogens is 286 g/mol. The second-order valence-electron chi connectivity index (χ2n) is 5.57. The van der Waals surface area contributed by atoms with Crippen LogP contribution in [0, 0.1) is 0 Å². The number of aryl methyl sites for hydroxylation is 1. The van der Waals surface area contributed by atoms with E-state index in [1.54, 1.807) is 18.2 Å². The van der Waals surface area contributed by atoms with Gasteiger partial charge in [0.1, 0.15) is 0 Å². The summed E-state index contributed by atoms with van der Waals surface area (Å²) in [6, 6.07) is 5.08. The van der Waals surface area contributed by atoms with Crippen molar-refractivity contribution in [2.75, 3.05) is 25.4 Å². The molecule has 0 saturated carbocycles. The molecule has 1 unspecified atom stereocenters. The highest BCUT2D eigenvalue weighted by molar-refractivity contribution is 7.89. The molecule has 5 nitrogen and oxygen atoms in total. The number of nitrogens with one attached hydrogen (secondary N) is 1. The average Bonchev–Trinajstić information content (AvgIpc) is 2.47. The van der Waals surface area contributed by atoms with Gasteiger partial charge in [0.2, 0.25) is 10.0 Å². The zero-order chi connectivity index (χ0) is 15.5. The molecule has 21 heavy (non-hydrogen) atoms. The van der Waals surface area contributed by atoms with E-state index in [-0.39, 0.29) is 6.04 Å². The summed E-state index contributed by atoms with van der Waals surface area (Å²) in [6.07, 6.45) is 2.58. The van der Waals surface area contributed by atoms with Crippen molar-refractivity contribution in [3.63, 3.8) is 0 Å². The molecule has 3 N–H and O–H groups in total. The highest BCUT2D eigenvalue weighted by Crippen LogP contribution is 2.21. The Hall–Kier alpha value is -1.11. The number of hydrogen-bond donors (Lipinski definition) is 2. The van der Waals surface area contributed by atoms with Gasteiger partial charge in [0, 0.05) is 18.3 Å². The first-order valence-electron chi connectivity index (χ1n) is 7.59. The number of nitrogens with two attached hydrogens (primary N) is 1. The quantitative estimate of drug-likeness (QED) is 0.810. The van der Waals surface area contributed by atoms with Crippen LogP contribution in [-0.2, 0) is 16.4 Å². The average molecular weight is 311 g/mol. The van der Waals surface area contributed by atoms with Crippen LogP contribution in [-0.4, -0.2) is 39.0 Å². The summed E-state index contributed by atoms with van der Waals surface area (Å²) >= 11 is 0. The van der Waals surface area contributed by atoms with Crippen molar-refractivity contribution in [3.05, 3.63) is 23.8 Å². The first kappa shape index (κ1) is 16.3. The lowest BCUT2D eigenvalue weighted by atomic mass is 10.1. The molecule has 1 fully saturated rings. The Balaban J connectivity index is 2.20. The minimum absolute atomic E-state index is 0.0187. The first-order valence-corrected chi connectivity index (χ1v) is 9.07. The predicted octanol–water partition coefficient (Wildman–Crippen LogP) is 1.59. The van der Waals surface area contributed by atoms with Crippen LogP contribution >= 0.6 is 0 Å². The van der Waals surface area contributed by atoms with Crippen LogP contribution in [0.15, 0.2) is 23.1 Å². The van der Waals surface area contributed by atoms with E-state index in [0.29, 0.717) is 17.0 Å². The van der Waals surface area contributed by atoms with Crippen molar-refractivity contribution >= 4 is 15.7 Å². The lowest BCUT2D eigenvalue weighted by Crippen LogP contribution is -2.47. The maximum atomic E-state index is 12.6. The fraction of sp³-hybridized carbons (Fsp3) is 0.600. The molecule has 2 rings (SSSR count). The Morgan fingerprint density at radius 1 is 1.38 bits per heavy atom. The predicted molar refractivity (Wildman–Crippen MR) is 85.7 cm³/mol. The van der Waals surface area contributed by atoms with Crippen molar-refractivity contribution in [1.82, 2.24) is 9.62 Å². The van der Waals surface area contributed by atoms with Gasteiger partial charge in [-0.25, -0.2) is 13.1 Å². The summed E-state index contributed by atoms with van der Waals surface area (Å²) in [5.74, 6) is 0. The largest absolute Gasteiger partial charge is 0.399 e. The smallest absolute Gasteiger partial charge is 0.241 e. The first-order chi connectivity index (χ1) is 9.96. The Morgan fingerprint density at radius 2 is 2.14 bits per heavy atom. The standard InChI is InChI=1S/C15H25N3O2S/c1-3-12-7-8-13(16)10-15(12)21(19,20)17-14-6-5-9-18(4-2)11-14/h7-8,10,14,17H,3-6,9,11,16H2,1-2H3. The maximum Gasteiger partial charge on any atom is 0.241 e. The molecule has 0 radical (unpaired) electrons. The molecule has 0 aromatic heterocycles. The molecule has 0 aliphatic carbocycles. The number of likely N-dealkylation sites (tertiary alicyclic amines) is 1. The van der Waals surface area contributed by atoms with E-state index in [1.807, 2.05) is 6.92 Å². The summed E-state index contributed by atoms with van der Waals surface area (Å²) in [6.45, 7) is 6.83. The number of rotatable bonds is 5. The van der Waals surface area contributed by atoms with Crippen LogP contribution in [0.2, 0.25) is 0 Å². The van der Waals surface area contributed by atoms with Gasteiger partial charge in [-0.2, -0.15) is 0 Å². The lowest BCUT2D eigenvalue weighted by molar-refractivity contribution is 0.211. The molecule has 1 atom stereocenters. The highest BCUT2D eigenvalue weighted by Gasteiger charge is 2.26. The van der Waals surface area contributed by atoms with Gasteiger partial charge in [-0.05, 0) is 50.0 Å². The van der Waals surface area contributed by atoms with Crippen LogP contribution in [0.4, 0.5) is 5.69 Å². The van der Waals surface area contributed by atoms with Gasteiger partial charge in [0.25, 0.3) is 0 Å². The van der Waals surface area contributed by atoms with E-state index in [0.717, 1.165) is 38.0 Å². The Morgan fingerprint density at radius 3 is 2.81 bits per heavy atom. The van der Waals surface area contributed by atoms with E-state index in [2.05, 4.69) is 16.5 Å². The summed E-state index contributed by atoms with van der Waals surface area (Å²) in [5.41, 5.74) is 7.04. The number of hydrogen-bond acceptors (Lipinski definition) is 4. The van der Waals surface area contributed by atoms with Crippen molar-refractivity contribution in [2.45, 2.75) is 44.0 Å². The van der Waals surface area contributed by atoms with Gasteiger partial charge in [0.15, 0.2) is 0 Å². The molecule has 1 saturated heterocycles. The van der Waals surface area contributed by atoms with Gasteiger partial charge >= 0.3 is 0 Å². The van der Waals surface area contributed by atoms with Crippen molar-refractivity contribution < 1.29 is 8.42 Å². The second kappa shape index (κ2) is 6.77. The van der Waals surface area contributed by atoms with Gasteiger partial charge in [-0.3, -0.25) is 0 Å². The zero-order valence-electron chi connectivity index (χ0n) is 12.8. The summed E-state index contributed by atoms with van der Waals surface area (Å²) in [5, 5.41) is 0. The van der Waals surface area contributed by atoms with Crippen molar-refractivity contribution in [2.24, 2.45) is 0 Å². The molecule has 1 aliphatic heterocycles. The molecule has 118 valence electrons. The molecular formula is C15H25N3O2S. The van der Waals surface area contributed by atoms with Crippen LogP contribution < -0.4 is 10.5 Å². The number of likely N-dealkylation sites (N-methyl/N-ethyl adjacent to an activating group) is 1. The van der Waals surface area contributed by atoms with E-state index >= 15 is 0 Å². The fourth-order valence-electron chi connectivity index (χ4n) is 2.84. The van der Waals surface area contributed by atoms with Crippen LogP contribution in [0.1, 0.15) is 32.3 Å². The third-order valence-corrected chi connectivity index (χ3v) is 5.64. The fourth-order valence-corrected chi connectivity index (χ4v) is 4.44. The molecule has 1 aromatic rings. The third kappa shape index (κ3) is 3.96. The van der Waals surface area contributed by atoms with Gasteiger partial charge in [-0.15, -0.1) is 0 Å². The Bertz CT molecular complexity index is 587. The monoisotopic (exact) mass is 311 g/mol. The van der Waals surface area contributed by atoms with Crippen molar-refractivity contribution in [3.8, 4) is 0 Å². The van der Waals surface area contributed by atoms with Crippen LogP contribution in [0.25, 0.3) is 0 Å². The molecule has 1 aromatic carbocycles. The third-order valence-electron chi connectivity index (χ3n) is 4.04. The lowest BCUT2D eigenvalue weighted by Gasteiger charge is -2.32. The SMILES string of the molecule is CCc1ccc(N)cc1S(=O)(=O)NC1CCCN(CC)C1. The van der Waals surface area contributed by atoms with Crippen LogP contribution in [0.5, 0.6) is 0 Å². The maximum absolute atomic E-state index is 12.6. The normalized spacial score (nSPS) is 20.6. The summed E-state index contributed by atoms with van der Waals surface area (Å²) < 4.78 is 28.1. The molecule has 1 heterocycles. The molecule has 0 amide bonds. The number of piperidine rings is 1. The van der Waals surface area contributed by atoms with Gasteiger partial charge < -0.3 is 10.6 Å². The molecule has 0 bridgehead atoms. The summed E-state index contributed by atoms with van der Waals surface area (Å²) in [4.78, 5) is 2.59. The number of anilines is 1.